The lowest BCUT2D eigenvalue weighted by molar-refractivity contribution is 0.171. The van der Waals surface area contributed by atoms with E-state index in [1.165, 1.54) is 10.4 Å². The Labute approximate surface area is 143 Å². The molecule has 3 rings (SSSR count). The number of para-hydroxylation sites is 3. The minimum Gasteiger partial charge on any atom is -0.392 e. The fourth-order valence-corrected chi connectivity index (χ4v) is 4.17. The van der Waals surface area contributed by atoms with Crippen molar-refractivity contribution < 1.29 is 13.7 Å². The lowest BCUT2D eigenvalue weighted by Gasteiger charge is -2.20. The molecule has 5 nitrogen and oxygen atoms in total. The molecule has 2 aromatic carbocycles. The molecule has 128 valence electrons. The Hall–Kier alpha value is -1.96. The van der Waals surface area contributed by atoms with Crippen LogP contribution in [0.3, 0.4) is 0 Å². The molecule has 2 aromatic rings. The SMILES string of the molecule is NCC(O)CCCN1c2ccccc2N(c2ccccc2F)S1=O. The maximum atomic E-state index is 14.2. The first-order valence-electron chi connectivity index (χ1n) is 7.85. The van der Waals surface area contributed by atoms with Crippen LogP contribution in [0, 0.1) is 5.82 Å². The number of nitrogens with zero attached hydrogens (tertiary/aromatic N) is 2. The summed E-state index contributed by atoms with van der Waals surface area (Å²) >= 11 is -1.56. The van der Waals surface area contributed by atoms with Crippen LogP contribution >= 0.6 is 0 Å². The van der Waals surface area contributed by atoms with E-state index in [1.807, 2.05) is 24.3 Å². The number of rotatable bonds is 6. The molecular formula is C17H20FN3O2S. The number of nitrogens with two attached hydrogens (primary N) is 1. The molecule has 0 amide bonds. The summed E-state index contributed by atoms with van der Waals surface area (Å²) in [6.45, 7) is 0.701. The topological polar surface area (TPSA) is 69.8 Å². The van der Waals surface area contributed by atoms with Gasteiger partial charge in [0.25, 0.3) is 0 Å². The van der Waals surface area contributed by atoms with Crippen LogP contribution in [0.1, 0.15) is 12.8 Å². The normalized spacial score (nSPS) is 17.9. The third-order valence-corrected chi connectivity index (χ3v) is 5.42. The van der Waals surface area contributed by atoms with E-state index in [-0.39, 0.29) is 12.2 Å². The van der Waals surface area contributed by atoms with Gasteiger partial charge < -0.3 is 10.8 Å². The maximum absolute atomic E-state index is 14.2. The van der Waals surface area contributed by atoms with Crippen LogP contribution in [-0.4, -0.2) is 28.5 Å². The van der Waals surface area contributed by atoms with Crippen LogP contribution in [0.5, 0.6) is 0 Å². The highest BCUT2D eigenvalue weighted by molar-refractivity contribution is 7.88. The van der Waals surface area contributed by atoms with E-state index < -0.39 is 23.1 Å². The van der Waals surface area contributed by atoms with Crippen LogP contribution in [0.15, 0.2) is 48.5 Å². The predicted molar refractivity (Wildman–Crippen MR) is 94.8 cm³/mol. The third-order valence-electron chi connectivity index (χ3n) is 3.96. The highest BCUT2D eigenvalue weighted by Gasteiger charge is 2.35. The molecule has 0 radical (unpaired) electrons. The Morgan fingerprint density at radius 2 is 1.71 bits per heavy atom. The molecule has 1 aliphatic heterocycles. The van der Waals surface area contributed by atoms with Gasteiger partial charge in [-0.05, 0) is 37.1 Å². The minimum absolute atomic E-state index is 0.209. The van der Waals surface area contributed by atoms with Gasteiger partial charge in [0.2, 0.25) is 11.2 Å². The van der Waals surface area contributed by atoms with E-state index in [0.29, 0.717) is 25.1 Å². The first kappa shape index (κ1) is 16.9. The first-order chi connectivity index (χ1) is 11.6. The highest BCUT2D eigenvalue weighted by atomic mass is 32.2. The minimum atomic E-state index is -1.56. The summed E-state index contributed by atoms with van der Waals surface area (Å²) in [6, 6.07) is 13.7. The van der Waals surface area contributed by atoms with Crippen molar-refractivity contribution in [3.63, 3.8) is 0 Å². The van der Waals surface area contributed by atoms with Crippen molar-refractivity contribution in [2.45, 2.75) is 18.9 Å². The van der Waals surface area contributed by atoms with Gasteiger partial charge in [-0.2, -0.15) is 0 Å². The summed E-state index contributed by atoms with van der Waals surface area (Å²) in [7, 11) is 0. The summed E-state index contributed by atoms with van der Waals surface area (Å²) in [4.78, 5) is 0. The van der Waals surface area contributed by atoms with Gasteiger partial charge in [-0.3, -0.25) is 4.31 Å². The molecule has 2 atom stereocenters. The van der Waals surface area contributed by atoms with Crippen molar-refractivity contribution in [1.82, 2.24) is 0 Å². The van der Waals surface area contributed by atoms with Crippen molar-refractivity contribution in [3.05, 3.63) is 54.3 Å². The van der Waals surface area contributed by atoms with Crippen molar-refractivity contribution >= 4 is 28.2 Å². The monoisotopic (exact) mass is 349 g/mol. The molecule has 0 fully saturated rings. The number of fused-ring (bicyclic) bond motifs is 1. The number of hydrogen-bond acceptors (Lipinski definition) is 3. The molecule has 2 unspecified atom stereocenters. The maximum Gasteiger partial charge on any atom is 0.230 e. The lowest BCUT2D eigenvalue weighted by Crippen LogP contribution is -2.31. The van der Waals surface area contributed by atoms with Gasteiger partial charge in [0.1, 0.15) is 5.82 Å². The Morgan fingerprint density at radius 1 is 1.08 bits per heavy atom. The van der Waals surface area contributed by atoms with Crippen molar-refractivity contribution in [2.24, 2.45) is 5.73 Å². The Morgan fingerprint density at radius 3 is 2.38 bits per heavy atom. The number of aliphatic hydroxyl groups is 1. The second-order valence-electron chi connectivity index (χ2n) is 5.60. The largest absolute Gasteiger partial charge is 0.392 e. The molecule has 3 N–H and O–H groups in total. The number of hydrogen-bond donors (Lipinski definition) is 2. The van der Waals surface area contributed by atoms with Gasteiger partial charge >= 0.3 is 0 Å². The highest BCUT2D eigenvalue weighted by Crippen LogP contribution is 2.43. The molecule has 0 saturated heterocycles. The van der Waals surface area contributed by atoms with E-state index in [1.54, 1.807) is 22.5 Å². The zero-order valence-corrected chi connectivity index (χ0v) is 14.0. The van der Waals surface area contributed by atoms with E-state index in [2.05, 4.69) is 0 Å². The Bertz CT molecular complexity index is 743. The summed E-state index contributed by atoms with van der Waals surface area (Å²) in [6.07, 6.45) is 0.620. The van der Waals surface area contributed by atoms with E-state index in [0.717, 1.165) is 5.69 Å². The van der Waals surface area contributed by atoms with Crippen LogP contribution < -0.4 is 14.3 Å². The van der Waals surface area contributed by atoms with Gasteiger partial charge in [0, 0.05) is 13.1 Å². The second kappa shape index (κ2) is 7.29. The summed E-state index contributed by atoms with van der Waals surface area (Å²) in [5.41, 5.74) is 7.20. The molecule has 0 saturated carbocycles. The predicted octanol–water partition coefficient (Wildman–Crippen LogP) is 2.46. The second-order valence-corrected chi connectivity index (χ2v) is 6.87. The molecule has 1 aliphatic rings. The van der Waals surface area contributed by atoms with Crippen LogP contribution in [0.4, 0.5) is 21.5 Å². The molecule has 24 heavy (non-hydrogen) atoms. The molecule has 1 heterocycles. The number of benzene rings is 2. The number of halogens is 1. The van der Waals surface area contributed by atoms with Crippen molar-refractivity contribution in [2.75, 3.05) is 21.7 Å². The average Bonchev–Trinajstić information content (AvgIpc) is 2.87. The molecule has 7 heteroatoms. The third kappa shape index (κ3) is 3.15. The average molecular weight is 349 g/mol. The Kier molecular flexibility index (Phi) is 5.13. The molecule has 0 aromatic heterocycles. The Balaban J connectivity index is 1.88. The van der Waals surface area contributed by atoms with E-state index >= 15 is 0 Å². The van der Waals surface area contributed by atoms with E-state index in [9.17, 15) is 13.7 Å². The number of aliphatic hydroxyl groups excluding tert-OH is 1. The van der Waals surface area contributed by atoms with Gasteiger partial charge in [0.15, 0.2) is 0 Å². The smallest absolute Gasteiger partial charge is 0.230 e. The molecular weight excluding hydrogens is 329 g/mol. The summed E-state index contributed by atoms with van der Waals surface area (Å²) < 4.78 is 30.4. The molecule has 0 aliphatic carbocycles. The lowest BCUT2D eigenvalue weighted by atomic mass is 10.2. The summed E-state index contributed by atoms with van der Waals surface area (Å²) in [5, 5.41) is 9.58. The fourth-order valence-electron chi connectivity index (χ4n) is 2.73. The zero-order valence-electron chi connectivity index (χ0n) is 13.1. The first-order valence-corrected chi connectivity index (χ1v) is 8.91. The zero-order chi connectivity index (χ0) is 17.1. The van der Waals surface area contributed by atoms with E-state index in [4.69, 9.17) is 5.73 Å². The van der Waals surface area contributed by atoms with Crippen LogP contribution in [0.25, 0.3) is 0 Å². The van der Waals surface area contributed by atoms with Crippen LogP contribution in [-0.2, 0) is 11.2 Å². The number of anilines is 3. The fraction of sp³-hybridized carbons (Fsp3) is 0.294. The standard InChI is InChI=1S/C17H20FN3O2S/c18-14-7-1-2-8-15(14)21-17-10-4-3-9-16(17)20(24(21)23)11-5-6-13(22)12-19/h1-4,7-10,13,22H,5-6,11-12,19H2. The van der Waals surface area contributed by atoms with Gasteiger partial charge in [0.05, 0.1) is 23.2 Å². The van der Waals surface area contributed by atoms with Crippen molar-refractivity contribution in [1.29, 1.82) is 0 Å². The van der Waals surface area contributed by atoms with Crippen LogP contribution in [0.2, 0.25) is 0 Å². The van der Waals surface area contributed by atoms with Gasteiger partial charge in [-0.1, -0.05) is 24.3 Å². The van der Waals surface area contributed by atoms with Crippen molar-refractivity contribution in [3.8, 4) is 0 Å². The summed E-state index contributed by atoms with van der Waals surface area (Å²) in [5.74, 6) is -0.416. The van der Waals surface area contributed by atoms with Gasteiger partial charge in [-0.15, -0.1) is 0 Å². The molecule has 0 spiro atoms. The van der Waals surface area contributed by atoms with Gasteiger partial charge in [-0.25, -0.2) is 12.9 Å². The quantitative estimate of drug-likeness (QED) is 0.842. The molecule has 0 bridgehead atoms.